The Labute approximate surface area is 79.7 Å². The maximum atomic E-state index is 10.5. The van der Waals surface area contributed by atoms with Gasteiger partial charge >= 0.3 is 0 Å². The molecule has 0 aromatic carbocycles. The van der Waals surface area contributed by atoms with Gasteiger partial charge in [0.1, 0.15) is 0 Å². The first-order valence-electron chi connectivity index (χ1n) is 5.29. The summed E-state index contributed by atoms with van der Waals surface area (Å²) in [6.07, 6.45) is 4.99. The standard InChI is InChI=1S/C10H18NO2/c12-7-5-11-6-8-13-10(9-11)3-1-2-4-10/h1-9H2. The minimum absolute atomic E-state index is 0.0239. The Kier molecular flexibility index (Phi) is 2.86. The van der Waals surface area contributed by atoms with Crippen molar-refractivity contribution in [2.45, 2.75) is 31.3 Å². The summed E-state index contributed by atoms with van der Waals surface area (Å²) in [6, 6.07) is 0. The molecule has 0 bridgehead atoms. The van der Waals surface area contributed by atoms with Crippen LogP contribution in [0.15, 0.2) is 0 Å². The van der Waals surface area contributed by atoms with Gasteiger partial charge in [-0.1, -0.05) is 12.8 Å². The lowest BCUT2D eigenvalue weighted by Crippen LogP contribution is -2.50. The number of hydrogen-bond acceptors (Lipinski definition) is 2. The maximum Gasteiger partial charge on any atom is 0.0949 e. The topological polar surface area (TPSA) is 32.4 Å². The molecule has 1 aliphatic carbocycles. The van der Waals surface area contributed by atoms with E-state index in [9.17, 15) is 5.11 Å². The van der Waals surface area contributed by atoms with Crippen LogP contribution in [0, 0.1) is 0 Å². The second-order valence-corrected chi connectivity index (χ2v) is 4.22. The van der Waals surface area contributed by atoms with Gasteiger partial charge in [0, 0.05) is 19.6 Å². The van der Waals surface area contributed by atoms with Gasteiger partial charge in [0.25, 0.3) is 0 Å². The molecular formula is C10H18NO2. The Morgan fingerprint density at radius 1 is 1.31 bits per heavy atom. The largest absolute Gasteiger partial charge is 0.372 e. The van der Waals surface area contributed by atoms with E-state index in [1.54, 1.807) is 0 Å². The lowest BCUT2D eigenvalue weighted by Gasteiger charge is -2.40. The van der Waals surface area contributed by atoms with E-state index in [0.29, 0.717) is 6.54 Å². The molecule has 2 aliphatic rings. The van der Waals surface area contributed by atoms with Crippen molar-refractivity contribution >= 4 is 0 Å². The fourth-order valence-corrected chi connectivity index (χ4v) is 2.57. The molecule has 2 rings (SSSR count). The van der Waals surface area contributed by atoms with Crippen LogP contribution in [0.2, 0.25) is 0 Å². The van der Waals surface area contributed by atoms with E-state index in [-0.39, 0.29) is 12.2 Å². The molecule has 0 aromatic rings. The normalized spacial score (nSPS) is 28.4. The molecule has 3 heteroatoms. The molecule has 75 valence electrons. The van der Waals surface area contributed by atoms with Gasteiger partial charge in [-0.3, -0.25) is 4.90 Å². The molecule has 0 atom stereocenters. The lowest BCUT2D eigenvalue weighted by atomic mass is 10.00. The van der Waals surface area contributed by atoms with Gasteiger partial charge in [-0.2, -0.15) is 0 Å². The molecule has 1 aliphatic heterocycles. The van der Waals surface area contributed by atoms with Crippen molar-refractivity contribution in [1.29, 1.82) is 0 Å². The van der Waals surface area contributed by atoms with Crippen molar-refractivity contribution in [3.63, 3.8) is 0 Å². The summed E-state index contributed by atoms with van der Waals surface area (Å²) in [6.45, 7) is 3.49. The molecule has 0 amide bonds. The Morgan fingerprint density at radius 3 is 2.77 bits per heavy atom. The van der Waals surface area contributed by atoms with Gasteiger partial charge in [0.2, 0.25) is 0 Å². The summed E-state index contributed by atoms with van der Waals surface area (Å²) in [7, 11) is 0. The molecule has 1 saturated heterocycles. The zero-order valence-corrected chi connectivity index (χ0v) is 8.13. The number of rotatable bonds is 2. The molecule has 0 unspecified atom stereocenters. The Bertz CT molecular complexity index is 164. The fraction of sp³-hybridized carbons (Fsp3) is 1.00. The minimum Gasteiger partial charge on any atom is -0.372 e. The van der Waals surface area contributed by atoms with Gasteiger partial charge in [-0.15, -0.1) is 0 Å². The van der Waals surface area contributed by atoms with Crippen LogP contribution >= 0.6 is 0 Å². The summed E-state index contributed by atoms with van der Waals surface area (Å²) in [5, 5.41) is 10.5. The highest BCUT2D eigenvalue weighted by molar-refractivity contribution is 4.91. The average Bonchev–Trinajstić information content (AvgIpc) is 2.54. The molecule has 3 nitrogen and oxygen atoms in total. The highest BCUT2D eigenvalue weighted by Gasteiger charge is 2.38. The first-order chi connectivity index (χ1) is 6.35. The molecule has 13 heavy (non-hydrogen) atoms. The Morgan fingerprint density at radius 2 is 2.08 bits per heavy atom. The van der Waals surface area contributed by atoms with Gasteiger partial charge in [0.15, 0.2) is 0 Å². The number of nitrogens with zero attached hydrogens (tertiary/aromatic N) is 1. The summed E-state index contributed by atoms with van der Waals surface area (Å²) in [5.41, 5.74) is 0.132. The molecule has 1 saturated carbocycles. The SMILES string of the molecule is [O]CCN1CCOC2(CCCC2)C1. The second-order valence-electron chi connectivity index (χ2n) is 4.22. The highest BCUT2D eigenvalue weighted by atomic mass is 16.5. The van der Waals surface area contributed by atoms with Gasteiger partial charge in [-0.25, -0.2) is 5.11 Å². The smallest absolute Gasteiger partial charge is 0.0949 e. The van der Waals surface area contributed by atoms with Crippen molar-refractivity contribution in [2.75, 3.05) is 32.8 Å². The van der Waals surface area contributed by atoms with Crippen molar-refractivity contribution < 1.29 is 9.84 Å². The third kappa shape index (κ3) is 2.03. The molecule has 1 heterocycles. The first kappa shape index (κ1) is 9.44. The van der Waals surface area contributed by atoms with E-state index in [4.69, 9.17) is 4.74 Å². The zero-order valence-electron chi connectivity index (χ0n) is 8.13. The second kappa shape index (κ2) is 3.95. The van der Waals surface area contributed by atoms with Crippen LogP contribution < -0.4 is 0 Å². The summed E-state index contributed by atoms with van der Waals surface area (Å²) in [5.74, 6) is 0. The summed E-state index contributed by atoms with van der Waals surface area (Å²) < 4.78 is 5.86. The van der Waals surface area contributed by atoms with Crippen LogP contribution in [0.1, 0.15) is 25.7 Å². The van der Waals surface area contributed by atoms with Crippen LogP contribution in [-0.2, 0) is 9.84 Å². The maximum absolute atomic E-state index is 10.5. The van der Waals surface area contributed by atoms with Crippen molar-refractivity contribution in [3.05, 3.63) is 0 Å². The molecule has 0 N–H and O–H groups in total. The molecule has 0 aromatic heterocycles. The quantitative estimate of drug-likeness (QED) is 0.643. The van der Waals surface area contributed by atoms with E-state index >= 15 is 0 Å². The van der Waals surface area contributed by atoms with Crippen LogP contribution in [0.25, 0.3) is 0 Å². The number of ether oxygens (including phenoxy) is 1. The first-order valence-corrected chi connectivity index (χ1v) is 5.29. The molecule has 1 spiro atoms. The van der Waals surface area contributed by atoms with Gasteiger partial charge in [0.05, 0.1) is 18.8 Å². The Balaban J connectivity index is 1.90. The fourth-order valence-electron chi connectivity index (χ4n) is 2.57. The number of hydrogen-bond donors (Lipinski definition) is 0. The van der Waals surface area contributed by atoms with Crippen LogP contribution in [0.5, 0.6) is 0 Å². The van der Waals surface area contributed by atoms with E-state index in [1.807, 2.05) is 0 Å². The third-order valence-corrected chi connectivity index (χ3v) is 3.25. The van der Waals surface area contributed by atoms with E-state index in [0.717, 1.165) is 19.7 Å². The molecule has 2 fully saturated rings. The number of morpholine rings is 1. The van der Waals surface area contributed by atoms with Gasteiger partial charge < -0.3 is 4.74 Å². The van der Waals surface area contributed by atoms with E-state index in [1.165, 1.54) is 25.7 Å². The van der Waals surface area contributed by atoms with Crippen LogP contribution in [0.3, 0.4) is 0 Å². The highest BCUT2D eigenvalue weighted by Crippen LogP contribution is 2.35. The monoisotopic (exact) mass is 184 g/mol. The molecular weight excluding hydrogens is 166 g/mol. The third-order valence-electron chi connectivity index (χ3n) is 3.25. The average molecular weight is 184 g/mol. The predicted molar refractivity (Wildman–Crippen MR) is 49.1 cm³/mol. The Hall–Kier alpha value is -0.120. The summed E-state index contributed by atoms with van der Waals surface area (Å²) in [4.78, 5) is 2.27. The van der Waals surface area contributed by atoms with Crippen molar-refractivity contribution in [3.8, 4) is 0 Å². The van der Waals surface area contributed by atoms with Crippen molar-refractivity contribution in [1.82, 2.24) is 4.90 Å². The van der Waals surface area contributed by atoms with Crippen molar-refractivity contribution in [2.24, 2.45) is 0 Å². The van der Waals surface area contributed by atoms with Gasteiger partial charge in [-0.05, 0) is 12.8 Å². The van der Waals surface area contributed by atoms with Crippen LogP contribution in [0.4, 0.5) is 0 Å². The van der Waals surface area contributed by atoms with E-state index < -0.39 is 0 Å². The molecule has 1 radical (unpaired) electrons. The van der Waals surface area contributed by atoms with Crippen LogP contribution in [-0.4, -0.2) is 43.3 Å². The summed E-state index contributed by atoms with van der Waals surface area (Å²) >= 11 is 0. The lowest BCUT2D eigenvalue weighted by molar-refractivity contribution is -0.107. The van der Waals surface area contributed by atoms with E-state index in [2.05, 4.69) is 4.90 Å². The minimum atomic E-state index is 0.0239. The zero-order chi connectivity index (χ0) is 9.15. The predicted octanol–water partition coefficient (Wildman–Crippen LogP) is 1.06.